The number of nitro groups is 1. The summed E-state index contributed by atoms with van der Waals surface area (Å²) >= 11 is 1.53. The quantitative estimate of drug-likeness (QED) is 0.617. The van der Waals surface area contributed by atoms with Gasteiger partial charge in [0, 0.05) is 18.1 Å². The molecule has 0 saturated carbocycles. The molecule has 3 rings (SSSR count). The van der Waals surface area contributed by atoms with Crippen LogP contribution in [0.3, 0.4) is 0 Å². The van der Waals surface area contributed by atoms with Crippen LogP contribution < -0.4 is 9.64 Å². The molecule has 1 aromatic carbocycles. The Kier molecular flexibility index (Phi) is 4.73. The van der Waals surface area contributed by atoms with Gasteiger partial charge in [-0.15, -0.1) is 11.3 Å². The van der Waals surface area contributed by atoms with E-state index in [2.05, 4.69) is 4.98 Å². The van der Waals surface area contributed by atoms with Crippen LogP contribution in [0.1, 0.15) is 18.0 Å². The predicted molar refractivity (Wildman–Crippen MR) is 87.3 cm³/mol. The molecule has 0 bridgehead atoms. The molecular formula is C15H17N3O4S. The van der Waals surface area contributed by atoms with Crippen molar-refractivity contribution in [2.45, 2.75) is 13.0 Å². The van der Waals surface area contributed by atoms with Crippen LogP contribution in [0.25, 0.3) is 0 Å². The molecule has 1 aliphatic heterocycles. The van der Waals surface area contributed by atoms with Gasteiger partial charge in [0.15, 0.2) is 5.75 Å². The number of hydrogen-bond donors (Lipinski definition) is 0. The summed E-state index contributed by atoms with van der Waals surface area (Å²) in [7, 11) is 0. The summed E-state index contributed by atoms with van der Waals surface area (Å²) in [6.07, 6.45) is 1.57. The fourth-order valence-electron chi connectivity index (χ4n) is 2.63. The Morgan fingerprint density at radius 1 is 1.57 bits per heavy atom. The van der Waals surface area contributed by atoms with Crippen molar-refractivity contribution in [3.63, 3.8) is 0 Å². The van der Waals surface area contributed by atoms with E-state index in [4.69, 9.17) is 9.47 Å². The molecular weight excluding hydrogens is 318 g/mol. The molecule has 0 spiro atoms. The average Bonchev–Trinajstić information content (AvgIpc) is 3.09. The van der Waals surface area contributed by atoms with Gasteiger partial charge in [0.2, 0.25) is 0 Å². The lowest BCUT2D eigenvalue weighted by molar-refractivity contribution is -0.385. The highest BCUT2D eigenvalue weighted by atomic mass is 32.1. The fourth-order valence-corrected chi connectivity index (χ4v) is 3.31. The van der Waals surface area contributed by atoms with Crippen molar-refractivity contribution in [3.8, 4) is 5.75 Å². The Labute approximate surface area is 137 Å². The van der Waals surface area contributed by atoms with Gasteiger partial charge in [-0.05, 0) is 19.1 Å². The van der Waals surface area contributed by atoms with Crippen molar-refractivity contribution < 1.29 is 14.4 Å². The zero-order chi connectivity index (χ0) is 16.2. The Balaban J connectivity index is 1.91. The smallest absolute Gasteiger partial charge is 0.333 e. The monoisotopic (exact) mass is 335 g/mol. The lowest BCUT2D eigenvalue weighted by Gasteiger charge is -2.33. The third-order valence-electron chi connectivity index (χ3n) is 3.59. The molecule has 7 nitrogen and oxygen atoms in total. The van der Waals surface area contributed by atoms with E-state index in [0.29, 0.717) is 37.7 Å². The molecule has 0 amide bonds. The van der Waals surface area contributed by atoms with Crippen LogP contribution in [0, 0.1) is 10.1 Å². The number of ether oxygens (including phenoxy) is 2. The summed E-state index contributed by atoms with van der Waals surface area (Å²) in [5.41, 5.74) is 0.569. The van der Waals surface area contributed by atoms with E-state index >= 15 is 0 Å². The zero-order valence-corrected chi connectivity index (χ0v) is 13.5. The lowest BCUT2D eigenvalue weighted by atomic mass is 10.2. The molecule has 0 aliphatic carbocycles. The molecule has 8 heteroatoms. The Bertz CT molecular complexity index is 677. The number of anilines is 1. The Hall–Kier alpha value is -2.19. The lowest BCUT2D eigenvalue weighted by Crippen LogP contribution is -2.38. The van der Waals surface area contributed by atoms with Gasteiger partial charge in [0.1, 0.15) is 16.8 Å². The van der Waals surface area contributed by atoms with Crippen LogP contribution in [-0.4, -0.2) is 36.2 Å². The SMILES string of the molecule is CCOc1cccc(N2CCO[C@H](c3nccs3)C2)c1[N+](=O)[O-]. The molecule has 122 valence electrons. The van der Waals surface area contributed by atoms with E-state index in [1.807, 2.05) is 17.2 Å². The highest BCUT2D eigenvalue weighted by molar-refractivity contribution is 7.09. The maximum atomic E-state index is 11.5. The number of thiazole rings is 1. The van der Waals surface area contributed by atoms with Gasteiger partial charge in [-0.1, -0.05) is 6.07 Å². The maximum Gasteiger partial charge on any atom is 0.333 e. The fraction of sp³-hybridized carbons (Fsp3) is 0.400. The van der Waals surface area contributed by atoms with E-state index in [1.54, 1.807) is 24.4 Å². The molecule has 1 aliphatic rings. The van der Waals surface area contributed by atoms with E-state index in [9.17, 15) is 10.1 Å². The van der Waals surface area contributed by atoms with Gasteiger partial charge in [0.25, 0.3) is 0 Å². The summed E-state index contributed by atoms with van der Waals surface area (Å²) in [5, 5.41) is 14.3. The molecule has 1 fully saturated rings. The molecule has 2 heterocycles. The largest absolute Gasteiger partial charge is 0.487 e. The van der Waals surface area contributed by atoms with Crippen LogP contribution in [0.15, 0.2) is 29.8 Å². The number of aromatic nitrogens is 1. The minimum absolute atomic E-state index is 0.00846. The number of benzene rings is 1. The molecule has 0 radical (unpaired) electrons. The van der Waals surface area contributed by atoms with Crippen molar-refractivity contribution >= 4 is 22.7 Å². The molecule has 23 heavy (non-hydrogen) atoms. The number of nitrogens with zero attached hydrogens (tertiary/aromatic N) is 3. The van der Waals surface area contributed by atoms with Crippen molar-refractivity contribution in [2.75, 3.05) is 31.2 Å². The van der Waals surface area contributed by atoms with Crippen LogP contribution >= 0.6 is 11.3 Å². The minimum atomic E-state index is -0.381. The van der Waals surface area contributed by atoms with Crippen LogP contribution in [0.4, 0.5) is 11.4 Å². The summed E-state index contributed by atoms with van der Waals surface area (Å²) in [4.78, 5) is 17.4. The standard InChI is InChI=1S/C15H17N3O4S/c1-2-21-12-5-3-4-11(14(12)18(19)20)17-7-8-22-13(10-17)15-16-6-9-23-15/h3-6,9,13H,2,7-8,10H2,1H3/t13-/m0/s1. The molecule has 1 saturated heterocycles. The average molecular weight is 335 g/mol. The number of para-hydroxylation sites is 1. The Morgan fingerprint density at radius 3 is 3.13 bits per heavy atom. The molecule has 2 aromatic rings. The van der Waals surface area contributed by atoms with Crippen molar-refractivity contribution in [3.05, 3.63) is 44.9 Å². The van der Waals surface area contributed by atoms with Crippen LogP contribution in [0.5, 0.6) is 5.75 Å². The number of rotatable bonds is 5. The second-order valence-electron chi connectivity index (χ2n) is 4.99. The predicted octanol–water partition coefficient (Wildman–Crippen LogP) is 3.03. The van der Waals surface area contributed by atoms with Crippen molar-refractivity contribution in [1.29, 1.82) is 0 Å². The first-order valence-corrected chi connectivity index (χ1v) is 8.24. The van der Waals surface area contributed by atoms with E-state index in [-0.39, 0.29) is 16.7 Å². The van der Waals surface area contributed by atoms with Gasteiger partial charge >= 0.3 is 5.69 Å². The summed E-state index contributed by atoms with van der Waals surface area (Å²) in [6, 6.07) is 5.16. The molecule has 1 aromatic heterocycles. The van der Waals surface area contributed by atoms with Crippen LogP contribution in [0.2, 0.25) is 0 Å². The van der Waals surface area contributed by atoms with Gasteiger partial charge in [-0.25, -0.2) is 4.98 Å². The normalized spacial score (nSPS) is 18.0. The van der Waals surface area contributed by atoms with E-state index in [0.717, 1.165) is 5.01 Å². The minimum Gasteiger partial charge on any atom is -0.487 e. The van der Waals surface area contributed by atoms with Gasteiger partial charge in [-0.3, -0.25) is 10.1 Å². The first kappa shape index (κ1) is 15.7. The first-order valence-electron chi connectivity index (χ1n) is 7.37. The Morgan fingerprint density at radius 2 is 2.43 bits per heavy atom. The summed E-state index contributed by atoms with van der Waals surface area (Å²) in [5.74, 6) is 0.298. The zero-order valence-electron chi connectivity index (χ0n) is 12.7. The number of hydrogen-bond acceptors (Lipinski definition) is 7. The van der Waals surface area contributed by atoms with Crippen molar-refractivity contribution in [1.82, 2.24) is 4.98 Å². The third kappa shape index (κ3) is 3.27. The molecule has 0 N–H and O–H groups in total. The van der Waals surface area contributed by atoms with Gasteiger partial charge in [0.05, 0.1) is 24.7 Å². The number of morpholine rings is 1. The third-order valence-corrected chi connectivity index (χ3v) is 4.46. The molecule has 1 atom stereocenters. The highest BCUT2D eigenvalue weighted by Crippen LogP contribution is 2.39. The summed E-state index contributed by atoms with van der Waals surface area (Å²) < 4.78 is 11.2. The van der Waals surface area contributed by atoms with E-state index in [1.165, 1.54) is 11.3 Å². The highest BCUT2D eigenvalue weighted by Gasteiger charge is 2.30. The topological polar surface area (TPSA) is 77.7 Å². The summed E-state index contributed by atoms with van der Waals surface area (Å²) in [6.45, 7) is 3.82. The van der Waals surface area contributed by atoms with Gasteiger partial charge < -0.3 is 14.4 Å². The number of nitro benzene ring substituents is 1. The van der Waals surface area contributed by atoms with E-state index < -0.39 is 0 Å². The second kappa shape index (κ2) is 6.93. The molecule has 0 unspecified atom stereocenters. The van der Waals surface area contributed by atoms with Crippen molar-refractivity contribution in [2.24, 2.45) is 0 Å². The second-order valence-corrected chi connectivity index (χ2v) is 5.92. The van der Waals surface area contributed by atoms with Crippen LogP contribution in [-0.2, 0) is 4.74 Å². The maximum absolute atomic E-state index is 11.5. The first-order chi connectivity index (χ1) is 11.2. The van der Waals surface area contributed by atoms with Gasteiger partial charge in [-0.2, -0.15) is 0 Å².